The Bertz CT molecular complexity index is 766. The van der Waals surface area contributed by atoms with Crippen LogP contribution in [0.4, 0.5) is 0 Å². The third kappa shape index (κ3) is 4.45. The highest BCUT2D eigenvalue weighted by atomic mass is 16.5. The van der Waals surface area contributed by atoms with Crippen LogP contribution in [0.1, 0.15) is 49.8 Å². The Kier molecular flexibility index (Phi) is 6.31. The maximum atomic E-state index is 12.5. The van der Waals surface area contributed by atoms with Gasteiger partial charge >= 0.3 is 5.97 Å². The van der Waals surface area contributed by atoms with Gasteiger partial charge in [0.05, 0.1) is 7.11 Å². The molecule has 2 N–H and O–H groups in total. The van der Waals surface area contributed by atoms with Crippen molar-refractivity contribution in [2.75, 3.05) is 13.7 Å². The highest BCUT2D eigenvalue weighted by molar-refractivity contribution is 5.87. The number of unbranched alkanes of at least 4 members (excludes halogenated alkanes) is 3. The van der Waals surface area contributed by atoms with Crippen molar-refractivity contribution < 1.29 is 14.3 Å². The molecule has 5 heteroatoms. The summed E-state index contributed by atoms with van der Waals surface area (Å²) in [4.78, 5) is 27.0. The molecule has 26 heavy (non-hydrogen) atoms. The fourth-order valence-corrected chi connectivity index (χ4v) is 3.80. The minimum absolute atomic E-state index is 0.0704. The molecule has 2 aromatic rings. The summed E-state index contributed by atoms with van der Waals surface area (Å²) in [6, 6.07) is 8.34. The monoisotopic (exact) mass is 356 g/mol. The highest BCUT2D eigenvalue weighted by Gasteiger charge is 2.26. The lowest BCUT2D eigenvalue weighted by Crippen LogP contribution is -2.34. The topological polar surface area (TPSA) is 71.2 Å². The molecule has 1 amide bonds. The smallest absolute Gasteiger partial charge is 0.305 e. The number of methoxy groups -OCH3 is 1. The largest absolute Gasteiger partial charge is 0.469 e. The number of hydrogen-bond acceptors (Lipinski definition) is 3. The second-order valence-electron chi connectivity index (χ2n) is 7.10. The number of para-hydroxylation sites is 1. The third-order valence-corrected chi connectivity index (χ3v) is 5.30. The number of esters is 1. The van der Waals surface area contributed by atoms with E-state index in [9.17, 15) is 9.59 Å². The van der Waals surface area contributed by atoms with Gasteiger partial charge in [-0.3, -0.25) is 9.59 Å². The van der Waals surface area contributed by atoms with Crippen LogP contribution in [0.5, 0.6) is 0 Å². The molecule has 5 nitrogen and oxygen atoms in total. The molecule has 0 saturated carbocycles. The van der Waals surface area contributed by atoms with Gasteiger partial charge in [-0.2, -0.15) is 0 Å². The van der Waals surface area contributed by atoms with Crippen molar-refractivity contribution in [3.8, 4) is 0 Å². The van der Waals surface area contributed by atoms with E-state index in [0.717, 1.165) is 44.9 Å². The van der Waals surface area contributed by atoms with Crippen molar-refractivity contribution in [1.82, 2.24) is 10.3 Å². The standard InChI is InChI=1S/C21H28N2O3/c1-26-20(24)10-4-2-3-7-13-22-21(25)15-11-12-19-17(14-15)16-8-5-6-9-18(16)23-19/h5-6,8-9,15,23H,2-4,7,10-14H2,1H3,(H,22,25). The first-order chi connectivity index (χ1) is 12.7. The number of carbonyl (C=O) groups is 2. The number of H-pyrrole nitrogens is 1. The number of fused-ring (bicyclic) bond motifs is 3. The SMILES string of the molecule is COC(=O)CCCCCCNC(=O)C1CCc2[nH]c3ccccc3c2C1. The number of carbonyl (C=O) groups excluding carboxylic acids is 2. The molecule has 1 aliphatic carbocycles. The summed E-state index contributed by atoms with van der Waals surface area (Å²) in [5, 5.41) is 4.35. The van der Waals surface area contributed by atoms with Crippen molar-refractivity contribution in [2.24, 2.45) is 5.92 Å². The number of amides is 1. The molecule has 1 aromatic heterocycles. The summed E-state index contributed by atoms with van der Waals surface area (Å²) in [5.41, 5.74) is 3.78. The Morgan fingerprint density at radius 1 is 1.19 bits per heavy atom. The van der Waals surface area contributed by atoms with Crippen molar-refractivity contribution in [3.05, 3.63) is 35.5 Å². The van der Waals surface area contributed by atoms with Crippen LogP contribution >= 0.6 is 0 Å². The van der Waals surface area contributed by atoms with E-state index in [4.69, 9.17) is 0 Å². The molecule has 0 aliphatic heterocycles. The fourth-order valence-electron chi connectivity index (χ4n) is 3.80. The van der Waals surface area contributed by atoms with Gasteiger partial charge in [0, 0.05) is 35.5 Å². The number of ether oxygens (including phenoxy) is 1. The number of rotatable bonds is 8. The van der Waals surface area contributed by atoms with Gasteiger partial charge in [0.15, 0.2) is 0 Å². The summed E-state index contributed by atoms with van der Waals surface area (Å²) in [7, 11) is 1.42. The number of hydrogen-bond donors (Lipinski definition) is 2. The number of aromatic amines is 1. The number of aryl methyl sites for hydroxylation is 1. The van der Waals surface area contributed by atoms with Gasteiger partial charge in [0.25, 0.3) is 0 Å². The van der Waals surface area contributed by atoms with E-state index in [1.165, 1.54) is 29.3 Å². The summed E-state index contributed by atoms with van der Waals surface area (Å²) in [6.45, 7) is 0.717. The van der Waals surface area contributed by atoms with E-state index in [0.29, 0.717) is 13.0 Å². The first-order valence-electron chi connectivity index (χ1n) is 9.62. The molecular formula is C21H28N2O3. The molecule has 3 rings (SSSR count). The van der Waals surface area contributed by atoms with Gasteiger partial charge in [0.2, 0.25) is 5.91 Å². The van der Waals surface area contributed by atoms with Crippen molar-refractivity contribution in [2.45, 2.75) is 51.4 Å². The lowest BCUT2D eigenvalue weighted by atomic mass is 9.86. The van der Waals surface area contributed by atoms with Gasteiger partial charge in [-0.25, -0.2) is 0 Å². The van der Waals surface area contributed by atoms with Crippen molar-refractivity contribution >= 4 is 22.8 Å². The van der Waals surface area contributed by atoms with E-state index >= 15 is 0 Å². The highest BCUT2D eigenvalue weighted by Crippen LogP contribution is 2.31. The molecule has 0 fully saturated rings. The summed E-state index contributed by atoms with van der Waals surface area (Å²) < 4.78 is 4.62. The second kappa shape index (κ2) is 8.88. The molecule has 0 saturated heterocycles. The Morgan fingerprint density at radius 3 is 2.85 bits per heavy atom. The molecule has 0 spiro atoms. The fraction of sp³-hybridized carbons (Fsp3) is 0.524. The van der Waals surface area contributed by atoms with Gasteiger partial charge < -0.3 is 15.0 Å². The molecule has 1 aliphatic rings. The van der Waals surface area contributed by atoms with Crippen LogP contribution in [-0.4, -0.2) is 30.5 Å². The van der Waals surface area contributed by atoms with Gasteiger partial charge in [-0.15, -0.1) is 0 Å². The van der Waals surface area contributed by atoms with E-state index in [1.54, 1.807) is 0 Å². The first-order valence-corrected chi connectivity index (χ1v) is 9.62. The predicted molar refractivity (Wildman–Crippen MR) is 102 cm³/mol. The van der Waals surface area contributed by atoms with Gasteiger partial charge in [-0.1, -0.05) is 31.0 Å². The van der Waals surface area contributed by atoms with E-state index in [1.807, 2.05) is 6.07 Å². The lowest BCUT2D eigenvalue weighted by molar-refractivity contribution is -0.140. The molecule has 140 valence electrons. The molecule has 1 aromatic carbocycles. The number of aromatic nitrogens is 1. The van der Waals surface area contributed by atoms with Crippen LogP contribution in [0.15, 0.2) is 24.3 Å². The minimum Gasteiger partial charge on any atom is -0.469 e. The third-order valence-electron chi connectivity index (χ3n) is 5.30. The summed E-state index contributed by atoms with van der Waals surface area (Å²) >= 11 is 0. The zero-order chi connectivity index (χ0) is 18.4. The van der Waals surface area contributed by atoms with Crippen LogP contribution in [-0.2, 0) is 27.2 Å². The average molecular weight is 356 g/mol. The van der Waals surface area contributed by atoms with E-state index < -0.39 is 0 Å². The molecule has 1 unspecified atom stereocenters. The molecular weight excluding hydrogens is 328 g/mol. The van der Waals surface area contributed by atoms with E-state index in [2.05, 4.69) is 33.2 Å². The Balaban J connectivity index is 1.40. The second-order valence-corrected chi connectivity index (χ2v) is 7.10. The molecule has 1 heterocycles. The van der Waals surface area contributed by atoms with E-state index in [-0.39, 0.29) is 17.8 Å². The van der Waals surface area contributed by atoms with Crippen LogP contribution in [0.2, 0.25) is 0 Å². The Morgan fingerprint density at radius 2 is 2.00 bits per heavy atom. The summed E-state index contributed by atoms with van der Waals surface area (Å²) in [5.74, 6) is 0.101. The minimum atomic E-state index is -0.146. The normalized spacial score (nSPS) is 16.3. The maximum Gasteiger partial charge on any atom is 0.305 e. The predicted octanol–water partition coefficient (Wildman–Crippen LogP) is 3.51. The first kappa shape index (κ1) is 18.5. The maximum absolute atomic E-state index is 12.5. The van der Waals surface area contributed by atoms with Crippen LogP contribution in [0, 0.1) is 5.92 Å². The number of nitrogens with one attached hydrogen (secondary N) is 2. The molecule has 1 atom stereocenters. The van der Waals surface area contributed by atoms with Gasteiger partial charge in [-0.05, 0) is 43.7 Å². The Hall–Kier alpha value is -2.30. The van der Waals surface area contributed by atoms with Crippen LogP contribution in [0.3, 0.4) is 0 Å². The quantitative estimate of drug-likeness (QED) is 0.562. The zero-order valence-electron chi connectivity index (χ0n) is 15.5. The van der Waals surface area contributed by atoms with Gasteiger partial charge in [0.1, 0.15) is 0 Å². The van der Waals surface area contributed by atoms with Crippen molar-refractivity contribution in [3.63, 3.8) is 0 Å². The van der Waals surface area contributed by atoms with Crippen molar-refractivity contribution in [1.29, 1.82) is 0 Å². The lowest BCUT2D eigenvalue weighted by Gasteiger charge is -2.21. The van der Waals surface area contributed by atoms with Crippen LogP contribution in [0.25, 0.3) is 10.9 Å². The number of benzene rings is 1. The zero-order valence-corrected chi connectivity index (χ0v) is 15.5. The summed E-state index contributed by atoms with van der Waals surface area (Å²) in [6.07, 6.45) is 6.98. The molecule has 0 bridgehead atoms. The average Bonchev–Trinajstić information content (AvgIpc) is 3.04. The Labute approximate surface area is 154 Å². The van der Waals surface area contributed by atoms with Crippen LogP contribution < -0.4 is 5.32 Å². The molecule has 0 radical (unpaired) electrons.